The lowest BCUT2D eigenvalue weighted by Gasteiger charge is -2.21. The van der Waals surface area contributed by atoms with Gasteiger partial charge in [-0.15, -0.1) is 0 Å². The van der Waals surface area contributed by atoms with E-state index >= 15 is 0 Å². The van der Waals surface area contributed by atoms with Crippen molar-refractivity contribution in [1.29, 1.82) is 0 Å². The zero-order valence-electron chi connectivity index (χ0n) is 16.9. The second-order valence-electron chi connectivity index (χ2n) is 7.45. The molecule has 0 aromatic heterocycles. The van der Waals surface area contributed by atoms with E-state index in [2.05, 4.69) is 16.0 Å². The molecule has 2 aromatic carbocycles. The third-order valence-electron chi connectivity index (χ3n) is 4.87. The summed E-state index contributed by atoms with van der Waals surface area (Å²) in [6, 6.07) is 15.7. The molecule has 1 saturated heterocycles. The van der Waals surface area contributed by atoms with Gasteiger partial charge in [-0.2, -0.15) is 0 Å². The molecule has 0 unspecified atom stereocenters. The van der Waals surface area contributed by atoms with Crippen LogP contribution in [0.3, 0.4) is 0 Å². The highest BCUT2D eigenvalue weighted by Gasteiger charge is 2.47. The predicted octanol–water partition coefficient (Wildman–Crippen LogP) is 2.53. The van der Waals surface area contributed by atoms with Crippen LogP contribution in [0.15, 0.2) is 54.6 Å². The Kier molecular flexibility index (Phi) is 6.15. The summed E-state index contributed by atoms with van der Waals surface area (Å²) >= 11 is 0. The van der Waals surface area contributed by atoms with Crippen LogP contribution in [0.4, 0.5) is 16.2 Å². The van der Waals surface area contributed by atoms with E-state index in [1.165, 1.54) is 6.92 Å². The van der Waals surface area contributed by atoms with Crippen molar-refractivity contribution in [1.82, 2.24) is 10.2 Å². The third kappa shape index (κ3) is 5.02. The molecule has 0 radical (unpaired) electrons. The molecule has 5 amide bonds. The third-order valence-corrected chi connectivity index (χ3v) is 4.87. The highest BCUT2D eigenvalue weighted by molar-refractivity contribution is 6.10. The number of carbonyl (C=O) groups excluding carboxylic acids is 4. The minimum absolute atomic E-state index is 0.229. The number of amides is 5. The maximum atomic E-state index is 12.8. The molecule has 1 atom stereocenters. The summed E-state index contributed by atoms with van der Waals surface area (Å²) in [5, 5.41) is 7.98. The van der Waals surface area contributed by atoms with Crippen LogP contribution in [0.5, 0.6) is 0 Å². The average molecular weight is 408 g/mol. The molecule has 8 nitrogen and oxygen atoms in total. The molecule has 0 aliphatic carbocycles. The van der Waals surface area contributed by atoms with Gasteiger partial charge in [0.05, 0.1) is 0 Å². The summed E-state index contributed by atoms with van der Waals surface area (Å²) in [4.78, 5) is 49.7. The molecule has 3 rings (SSSR count). The number of aryl methyl sites for hydroxylation is 1. The van der Waals surface area contributed by atoms with E-state index in [9.17, 15) is 19.2 Å². The first-order valence-electron chi connectivity index (χ1n) is 9.62. The molecule has 0 bridgehead atoms. The van der Waals surface area contributed by atoms with E-state index in [-0.39, 0.29) is 5.91 Å². The zero-order chi connectivity index (χ0) is 21.7. The molecule has 8 heteroatoms. The van der Waals surface area contributed by atoms with Crippen molar-refractivity contribution in [3.8, 4) is 0 Å². The Labute approximate surface area is 174 Å². The Morgan fingerprint density at radius 1 is 1.00 bits per heavy atom. The maximum absolute atomic E-state index is 12.8. The summed E-state index contributed by atoms with van der Waals surface area (Å²) in [6.45, 7) is 2.67. The normalized spacial score (nSPS) is 18.1. The number of rotatable bonds is 7. The Hall–Kier alpha value is -3.68. The summed E-state index contributed by atoms with van der Waals surface area (Å²) in [7, 11) is 0. The molecule has 30 heavy (non-hydrogen) atoms. The van der Waals surface area contributed by atoms with Gasteiger partial charge in [0.15, 0.2) is 0 Å². The largest absolute Gasteiger partial charge is 0.326 e. The van der Waals surface area contributed by atoms with E-state index in [1.54, 1.807) is 31.2 Å². The van der Waals surface area contributed by atoms with Crippen LogP contribution in [0, 0.1) is 0 Å². The lowest BCUT2D eigenvalue weighted by molar-refractivity contribution is -0.133. The van der Waals surface area contributed by atoms with Gasteiger partial charge in [-0.3, -0.25) is 19.3 Å². The molecular weight excluding hydrogens is 384 g/mol. The van der Waals surface area contributed by atoms with Gasteiger partial charge >= 0.3 is 6.03 Å². The highest BCUT2D eigenvalue weighted by atomic mass is 16.2. The first kappa shape index (κ1) is 21.0. The number of nitrogens with one attached hydrogen (secondary N) is 3. The van der Waals surface area contributed by atoms with Crippen molar-refractivity contribution in [2.45, 2.75) is 32.2 Å². The van der Waals surface area contributed by atoms with Crippen molar-refractivity contribution in [2.24, 2.45) is 0 Å². The van der Waals surface area contributed by atoms with Crippen LogP contribution in [0.25, 0.3) is 0 Å². The van der Waals surface area contributed by atoms with Crippen LogP contribution in [-0.2, 0) is 20.8 Å². The average Bonchev–Trinajstić information content (AvgIpc) is 2.90. The summed E-state index contributed by atoms with van der Waals surface area (Å²) < 4.78 is 0. The number of hydrogen-bond donors (Lipinski definition) is 3. The summed E-state index contributed by atoms with van der Waals surface area (Å²) in [6.07, 6.45) is 1.05. The van der Waals surface area contributed by atoms with Crippen molar-refractivity contribution < 1.29 is 19.2 Å². The molecule has 1 aliphatic heterocycles. The molecule has 3 N–H and O–H groups in total. The standard InChI is InChI=1S/C22H24N4O4/c1-15(27)23-17-9-6-10-18(13-17)24-19(28)14-26-20(29)22(2,25-21(26)30)12-11-16-7-4-3-5-8-16/h3-10,13H,11-12,14H2,1-2H3,(H,23,27)(H,24,28)(H,25,30)/t22-/m1/s1. The second-order valence-corrected chi connectivity index (χ2v) is 7.45. The number of imide groups is 1. The highest BCUT2D eigenvalue weighted by Crippen LogP contribution is 2.23. The molecule has 0 spiro atoms. The van der Waals surface area contributed by atoms with Crippen LogP contribution < -0.4 is 16.0 Å². The minimum Gasteiger partial charge on any atom is -0.326 e. The Morgan fingerprint density at radius 2 is 1.67 bits per heavy atom. The number of anilines is 2. The number of hydrogen-bond acceptors (Lipinski definition) is 4. The Balaban J connectivity index is 1.61. The fourth-order valence-electron chi connectivity index (χ4n) is 3.32. The van der Waals surface area contributed by atoms with Crippen molar-refractivity contribution in [3.63, 3.8) is 0 Å². The number of benzene rings is 2. The van der Waals surface area contributed by atoms with Gasteiger partial charge in [0.1, 0.15) is 12.1 Å². The number of carbonyl (C=O) groups is 4. The second kappa shape index (κ2) is 8.77. The molecule has 1 fully saturated rings. The van der Waals surface area contributed by atoms with Crippen molar-refractivity contribution >= 4 is 35.1 Å². The van der Waals surface area contributed by atoms with Crippen LogP contribution in [0.1, 0.15) is 25.8 Å². The van der Waals surface area contributed by atoms with Gasteiger partial charge in [0, 0.05) is 18.3 Å². The van der Waals surface area contributed by atoms with Gasteiger partial charge < -0.3 is 16.0 Å². The van der Waals surface area contributed by atoms with Gasteiger partial charge in [-0.1, -0.05) is 36.4 Å². The van der Waals surface area contributed by atoms with Gasteiger partial charge in [0.2, 0.25) is 11.8 Å². The molecule has 1 aliphatic rings. The summed E-state index contributed by atoms with van der Waals surface area (Å²) in [5.74, 6) is -1.16. The lowest BCUT2D eigenvalue weighted by Crippen LogP contribution is -2.45. The first-order valence-corrected chi connectivity index (χ1v) is 9.62. The van der Waals surface area contributed by atoms with Gasteiger partial charge in [-0.25, -0.2) is 4.79 Å². The van der Waals surface area contributed by atoms with E-state index in [0.29, 0.717) is 24.2 Å². The van der Waals surface area contributed by atoms with E-state index in [4.69, 9.17) is 0 Å². The Morgan fingerprint density at radius 3 is 2.33 bits per heavy atom. The number of nitrogens with zero attached hydrogens (tertiary/aromatic N) is 1. The van der Waals surface area contributed by atoms with Crippen molar-refractivity contribution in [2.75, 3.05) is 17.2 Å². The fourth-order valence-corrected chi connectivity index (χ4v) is 3.32. The van der Waals surface area contributed by atoms with E-state index < -0.39 is 29.9 Å². The Bertz CT molecular complexity index is 976. The minimum atomic E-state index is -1.06. The van der Waals surface area contributed by atoms with Gasteiger partial charge in [0.25, 0.3) is 5.91 Å². The van der Waals surface area contributed by atoms with E-state index in [1.807, 2.05) is 30.3 Å². The maximum Gasteiger partial charge on any atom is 0.325 e. The molecule has 1 heterocycles. The number of urea groups is 1. The van der Waals surface area contributed by atoms with Gasteiger partial charge in [-0.05, 0) is 43.5 Å². The van der Waals surface area contributed by atoms with Crippen molar-refractivity contribution in [3.05, 3.63) is 60.2 Å². The molecule has 2 aromatic rings. The lowest BCUT2D eigenvalue weighted by atomic mass is 9.93. The molecule has 156 valence electrons. The fraction of sp³-hybridized carbons (Fsp3) is 0.273. The first-order chi connectivity index (χ1) is 14.3. The smallest absolute Gasteiger partial charge is 0.325 e. The molecule has 0 saturated carbocycles. The van der Waals surface area contributed by atoms with Crippen LogP contribution in [-0.4, -0.2) is 40.7 Å². The topological polar surface area (TPSA) is 108 Å². The van der Waals surface area contributed by atoms with Crippen LogP contribution >= 0.6 is 0 Å². The van der Waals surface area contributed by atoms with E-state index in [0.717, 1.165) is 10.5 Å². The SMILES string of the molecule is CC(=O)Nc1cccc(NC(=O)CN2C(=O)N[C@](C)(CCc3ccccc3)C2=O)c1. The zero-order valence-corrected chi connectivity index (χ0v) is 16.9. The predicted molar refractivity (Wildman–Crippen MR) is 113 cm³/mol. The monoisotopic (exact) mass is 408 g/mol. The summed E-state index contributed by atoms with van der Waals surface area (Å²) in [5.41, 5.74) is 0.989. The molecular formula is C22H24N4O4. The quantitative estimate of drug-likeness (QED) is 0.612. The van der Waals surface area contributed by atoms with Crippen LogP contribution in [0.2, 0.25) is 0 Å².